The SMILES string of the molecule is CC(C)(CC1CN(C(C)(C)C)C1)C1CN1. The molecule has 0 aromatic carbocycles. The van der Waals surface area contributed by atoms with Crippen LogP contribution < -0.4 is 5.32 Å². The van der Waals surface area contributed by atoms with Gasteiger partial charge in [-0.1, -0.05) is 13.8 Å². The third-order valence-electron chi connectivity index (χ3n) is 4.07. The van der Waals surface area contributed by atoms with E-state index < -0.39 is 0 Å². The molecule has 2 nitrogen and oxygen atoms in total. The Kier molecular flexibility index (Phi) is 2.63. The van der Waals surface area contributed by atoms with Gasteiger partial charge in [0.1, 0.15) is 0 Å². The molecule has 0 saturated carbocycles. The van der Waals surface area contributed by atoms with E-state index in [0.29, 0.717) is 11.0 Å². The van der Waals surface area contributed by atoms with Crippen LogP contribution in [0.3, 0.4) is 0 Å². The van der Waals surface area contributed by atoms with E-state index in [1.165, 1.54) is 26.1 Å². The maximum Gasteiger partial charge on any atom is 0.0244 e. The van der Waals surface area contributed by atoms with Crippen LogP contribution >= 0.6 is 0 Å². The molecule has 2 fully saturated rings. The molecule has 1 unspecified atom stereocenters. The molecule has 0 aliphatic carbocycles. The summed E-state index contributed by atoms with van der Waals surface area (Å²) in [6, 6.07) is 0.793. The molecule has 1 N–H and O–H groups in total. The van der Waals surface area contributed by atoms with Crippen molar-refractivity contribution in [1.29, 1.82) is 0 Å². The van der Waals surface area contributed by atoms with Crippen LogP contribution in [0.5, 0.6) is 0 Å². The van der Waals surface area contributed by atoms with Gasteiger partial charge in [-0.25, -0.2) is 0 Å². The molecule has 2 heterocycles. The van der Waals surface area contributed by atoms with Gasteiger partial charge in [0.2, 0.25) is 0 Å². The van der Waals surface area contributed by atoms with Gasteiger partial charge in [0.05, 0.1) is 0 Å². The van der Waals surface area contributed by atoms with Gasteiger partial charge < -0.3 is 5.32 Å². The number of hydrogen-bond donors (Lipinski definition) is 1. The topological polar surface area (TPSA) is 25.2 Å². The van der Waals surface area contributed by atoms with Crippen LogP contribution in [0.1, 0.15) is 41.0 Å². The maximum absolute atomic E-state index is 3.46. The van der Waals surface area contributed by atoms with Crippen molar-refractivity contribution in [2.75, 3.05) is 19.6 Å². The van der Waals surface area contributed by atoms with Gasteiger partial charge in [-0.3, -0.25) is 4.90 Å². The van der Waals surface area contributed by atoms with Crippen LogP contribution in [0, 0.1) is 11.3 Å². The fourth-order valence-electron chi connectivity index (χ4n) is 2.74. The van der Waals surface area contributed by atoms with Gasteiger partial charge in [-0.05, 0) is 38.5 Å². The lowest BCUT2D eigenvalue weighted by Crippen LogP contribution is -2.56. The molecule has 0 radical (unpaired) electrons. The number of rotatable bonds is 3. The summed E-state index contributed by atoms with van der Waals surface area (Å²) in [5.41, 5.74) is 0.882. The monoisotopic (exact) mass is 210 g/mol. The highest BCUT2D eigenvalue weighted by Gasteiger charge is 2.42. The molecular formula is C13H26N2. The summed E-state index contributed by atoms with van der Waals surface area (Å²) in [7, 11) is 0. The van der Waals surface area contributed by atoms with Crippen molar-refractivity contribution in [3.63, 3.8) is 0 Å². The molecule has 0 bridgehead atoms. The van der Waals surface area contributed by atoms with Crippen molar-refractivity contribution >= 4 is 0 Å². The van der Waals surface area contributed by atoms with Gasteiger partial charge in [0.15, 0.2) is 0 Å². The van der Waals surface area contributed by atoms with E-state index in [4.69, 9.17) is 0 Å². The summed E-state index contributed by atoms with van der Waals surface area (Å²) in [6.45, 7) is 15.6. The average Bonchev–Trinajstić information content (AvgIpc) is 2.74. The summed E-state index contributed by atoms with van der Waals surface area (Å²) >= 11 is 0. The van der Waals surface area contributed by atoms with Crippen molar-refractivity contribution in [2.24, 2.45) is 11.3 Å². The largest absolute Gasteiger partial charge is 0.311 e. The first kappa shape index (κ1) is 11.4. The Morgan fingerprint density at radius 3 is 2.07 bits per heavy atom. The first-order chi connectivity index (χ1) is 6.79. The number of likely N-dealkylation sites (tertiary alicyclic amines) is 1. The second-order valence-corrected chi connectivity index (χ2v) is 7.10. The predicted molar refractivity (Wildman–Crippen MR) is 65.0 cm³/mol. The van der Waals surface area contributed by atoms with Crippen LogP contribution in [0.25, 0.3) is 0 Å². The van der Waals surface area contributed by atoms with Gasteiger partial charge in [-0.15, -0.1) is 0 Å². The minimum atomic E-state index is 0.373. The summed E-state index contributed by atoms with van der Waals surface area (Å²) in [5, 5.41) is 3.46. The molecule has 2 aliphatic rings. The second kappa shape index (κ2) is 3.46. The first-order valence-corrected chi connectivity index (χ1v) is 6.27. The van der Waals surface area contributed by atoms with E-state index in [0.717, 1.165) is 12.0 Å². The molecule has 0 aromatic rings. The Morgan fingerprint density at radius 2 is 1.67 bits per heavy atom. The van der Waals surface area contributed by atoms with Crippen molar-refractivity contribution in [2.45, 2.75) is 52.6 Å². The Morgan fingerprint density at radius 1 is 1.13 bits per heavy atom. The van der Waals surface area contributed by atoms with E-state index in [9.17, 15) is 0 Å². The normalized spacial score (nSPS) is 29.0. The lowest BCUT2D eigenvalue weighted by Gasteiger charge is -2.49. The first-order valence-electron chi connectivity index (χ1n) is 6.27. The molecule has 2 saturated heterocycles. The summed E-state index contributed by atoms with van der Waals surface area (Å²) < 4.78 is 0. The highest BCUT2D eigenvalue weighted by molar-refractivity contribution is 4.99. The van der Waals surface area contributed by atoms with Gasteiger partial charge >= 0.3 is 0 Å². The third-order valence-corrected chi connectivity index (χ3v) is 4.07. The molecule has 1 atom stereocenters. The van der Waals surface area contributed by atoms with Crippen molar-refractivity contribution < 1.29 is 0 Å². The highest BCUT2D eigenvalue weighted by Crippen LogP contribution is 2.38. The van der Waals surface area contributed by atoms with E-state index in [1.807, 2.05) is 0 Å². The fourth-order valence-corrected chi connectivity index (χ4v) is 2.74. The van der Waals surface area contributed by atoms with E-state index in [-0.39, 0.29) is 0 Å². The number of hydrogen-bond acceptors (Lipinski definition) is 2. The summed E-state index contributed by atoms with van der Waals surface area (Å²) in [6.07, 6.45) is 1.39. The number of nitrogens with one attached hydrogen (secondary N) is 1. The second-order valence-electron chi connectivity index (χ2n) is 7.10. The summed E-state index contributed by atoms with van der Waals surface area (Å²) in [5.74, 6) is 0.932. The lowest BCUT2D eigenvalue weighted by molar-refractivity contribution is -0.00510. The molecule has 2 heteroatoms. The molecule has 0 aromatic heterocycles. The minimum absolute atomic E-state index is 0.373. The van der Waals surface area contributed by atoms with Crippen molar-refractivity contribution in [3.8, 4) is 0 Å². The zero-order valence-corrected chi connectivity index (χ0v) is 10.9. The number of nitrogens with zero attached hydrogens (tertiary/aromatic N) is 1. The van der Waals surface area contributed by atoms with E-state index in [1.54, 1.807) is 0 Å². The van der Waals surface area contributed by atoms with Gasteiger partial charge in [0.25, 0.3) is 0 Å². The van der Waals surface area contributed by atoms with Crippen LogP contribution in [-0.4, -0.2) is 36.1 Å². The Hall–Kier alpha value is -0.0800. The average molecular weight is 210 g/mol. The third kappa shape index (κ3) is 2.54. The zero-order valence-electron chi connectivity index (χ0n) is 10.9. The van der Waals surface area contributed by atoms with Crippen LogP contribution in [-0.2, 0) is 0 Å². The smallest absolute Gasteiger partial charge is 0.0244 e. The Labute approximate surface area is 94.4 Å². The van der Waals surface area contributed by atoms with Crippen molar-refractivity contribution in [3.05, 3.63) is 0 Å². The Balaban J connectivity index is 1.76. The molecule has 0 spiro atoms. The quantitative estimate of drug-likeness (QED) is 0.722. The molecule has 0 amide bonds. The maximum atomic E-state index is 3.46. The van der Waals surface area contributed by atoms with Crippen LogP contribution in [0.15, 0.2) is 0 Å². The minimum Gasteiger partial charge on any atom is -0.311 e. The molecule has 88 valence electrons. The van der Waals surface area contributed by atoms with Gasteiger partial charge in [-0.2, -0.15) is 0 Å². The fraction of sp³-hybridized carbons (Fsp3) is 1.00. The standard InChI is InChI=1S/C13H26N2/c1-12(2,3)15-8-10(9-15)6-13(4,5)11-7-14-11/h10-11,14H,6-9H2,1-5H3. The molecule has 15 heavy (non-hydrogen) atoms. The van der Waals surface area contributed by atoms with E-state index in [2.05, 4.69) is 44.8 Å². The van der Waals surface area contributed by atoms with Crippen molar-refractivity contribution in [1.82, 2.24) is 10.2 Å². The molecule has 2 rings (SSSR count). The highest BCUT2D eigenvalue weighted by atomic mass is 15.2. The predicted octanol–water partition coefficient (Wildman–Crippen LogP) is 2.10. The zero-order chi connectivity index (χ0) is 11.3. The Bertz CT molecular complexity index is 229. The summed E-state index contributed by atoms with van der Waals surface area (Å²) in [4.78, 5) is 2.59. The van der Waals surface area contributed by atoms with E-state index >= 15 is 0 Å². The molecule has 2 aliphatic heterocycles. The van der Waals surface area contributed by atoms with Gasteiger partial charge in [0, 0.05) is 31.2 Å². The van der Waals surface area contributed by atoms with Crippen LogP contribution in [0.2, 0.25) is 0 Å². The lowest BCUT2D eigenvalue weighted by atomic mass is 9.76. The molecular weight excluding hydrogens is 184 g/mol. The van der Waals surface area contributed by atoms with Crippen LogP contribution in [0.4, 0.5) is 0 Å².